The Morgan fingerprint density at radius 3 is 2.81 bits per heavy atom. The van der Waals surface area contributed by atoms with Crippen LogP contribution in [0, 0.1) is 17.2 Å². The molecule has 32 heavy (non-hydrogen) atoms. The van der Waals surface area contributed by atoms with Gasteiger partial charge in [0.25, 0.3) is 5.91 Å². The van der Waals surface area contributed by atoms with Gasteiger partial charge in [-0.15, -0.1) is 0 Å². The molecule has 3 heterocycles. The lowest BCUT2D eigenvalue weighted by Gasteiger charge is -2.33. The number of nitrogens with one attached hydrogen (secondary N) is 1. The van der Waals surface area contributed by atoms with Crippen molar-refractivity contribution in [2.24, 2.45) is 5.92 Å². The third kappa shape index (κ3) is 4.53. The second-order valence-corrected chi connectivity index (χ2v) is 9.20. The lowest BCUT2D eigenvalue weighted by Crippen LogP contribution is -2.38. The number of hydrogen-bond donors (Lipinski definition) is 1. The van der Waals surface area contributed by atoms with Crippen LogP contribution >= 0.6 is 0 Å². The molecule has 164 valence electrons. The third-order valence-electron chi connectivity index (χ3n) is 7.06. The maximum absolute atomic E-state index is 12.6. The largest absolute Gasteiger partial charge is 0.348 e. The van der Waals surface area contributed by atoms with Gasteiger partial charge in [-0.3, -0.25) is 9.69 Å². The third-order valence-corrected chi connectivity index (χ3v) is 7.06. The molecule has 6 heteroatoms. The first-order valence-electron chi connectivity index (χ1n) is 11.7. The Kier molecular flexibility index (Phi) is 5.91. The molecular formula is C26H29N5O. The molecule has 2 aromatic heterocycles. The molecule has 0 bridgehead atoms. The van der Waals surface area contributed by atoms with Gasteiger partial charge < -0.3 is 5.32 Å². The molecule has 1 fully saturated rings. The van der Waals surface area contributed by atoms with E-state index in [1.54, 1.807) is 4.52 Å². The summed E-state index contributed by atoms with van der Waals surface area (Å²) in [6.07, 6.45) is 8.55. The van der Waals surface area contributed by atoms with E-state index in [0.717, 1.165) is 55.9 Å². The number of carbonyl (C=O) groups is 1. The number of benzene rings is 1. The Bertz CT molecular complexity index is 1120. The van der Waals surface area contributed by atoms with Crippen molar-refractivity contribution in [1.29, 1.82) is 5.26 Å². The highest BCUT2D eigenvalue weighted by molar-refractivity contribution is 5.93. The van der Waals surface area contributed by atoms with Crippen LogP contribution in [0.1, 0.15) is 59.3 Å². The van der Waals surface area contributed by atoms with Gasteiger partial charge in [-0.1, -0.05) is 12.1 Å². The number of nitrogens with zero attached hydrogens (tertiary/aromatic N) is 4. The first kappa shape index (κ1) is 20.7. The molecule has 0 unspecified atom stereocenters. The second-order valence-electron chi connectivity index (χ2n) is 9.20. The van der Waals surface area contributed by atoms with Crippen molar-refractivity contribution in [3.8, 4) is 6.07 Å². The van der Waals surface area contributed by atoms with Gasteiger partial charge in [-0.05, 0) is 92.4 Å². The quantitative estimate of drug-likeness (QED) is 0.669. The molecule has 6 nitrogen and oxygen atoms in total. The predicted molar refractivity (Wildman–Crippen MR) is 123 cm³/mol. The molecule has 1 aliphatic heterocycles. The van der Waals surface area contributed by atoms with Gasteiger partial charge in [0.2, 0.25) is 0 Å². The highest BCUT2D eigenvalue weighted by Crippen LogP contribution is 2.28. The fourth-order valence-electron chi connectivity index (χ4n) is 5.14. The van der Waals surface area contributed by atoms with Crippen LogP contribution in [0.3, 0.4) is 0 Å². The minimum absolute atomic E-state index is 0.0686. The van der Waals surface area contributed by atoms with Gasteiger partial charge in [0.05, 0.1) is 17.1 Å². The van der Waals surface area contributed by atoms with Gasteiger partial charge in [0.15, 0.2) is 5.69 Å². The van der Waals surface area contributed by atoms with E-state index in [9.17, 15) is 4.79 Å². The number of fused-ring (bicyclic) bond motifs is 2. The Morgan fingerprint density at radius 1 is 1.12 bits per heavy atom. The normalized spacial score (nSPS) is 21.1. The fourth-order valence-corrected chi connectivity index (χ4v) is 5.14. The zero-order valence-corrected chi connectivity index (χ0v) is 18.3. The number of carbonyl (C=O) groups excluding carboxylic acids is 1. The first-order valence-corrected chi connectivity index (χ1v) is 11.7. The first-order chi connectivity index (χ1) is 15.7. The van der Waals surface area contributed by atoms with Gasteiger partial charge in [0.1, 0.15) is 0 Å². The minimum atomic E-state index is -0.0686. The number of amides is 1. The molecule has 3 aromatic rings. The number of aromatic nitrogens is 2. The van der Waals surface area contributed by atoms with Crippen molar-refractivity contribution in [2.75, 3.05) is 13.1 Å². The van der Waals surface area contributed by atoms with Crippen molar-refractivity contribution in [3.05, 3.63) is 71.0 Å². The molecule has 0 spiro atoms. The van der Waals surface area contributed by atoms with Gasteiger partial charge in [0, 0.05) is 25.3 Å². The summed E-state index contributed by atoms with van der Waals surface area (Å²) < 4.78 is 1.74. The van der Waals surface area contributed by atoms with Crippen molar-refractivity contribution in [1.82, 2.24) is 19.8 Å². The van der Waals surface area contributed by atoms with Gasteiger partial charge in [-0.25, -0.2) is 4.52 Å². The van der Waals surface area contributed by atoms with Crippen LogP contribution in [0.15, 0.2) is 48.7 Å². The topological polar surface area (TPSA) is 73.4 Å². The van der Waals surface area contributed by atoms with E-state index < -0.39 is 0 Å². The monoisotopic (exact) mass is 427 g/mol. The SMILES string of the molecule is N#Cc1ccc2c(c1)CN(CCC1CCC(NC(=O)c3cc4ccccn4n3)CC1)CC2. The molecule has 1 N–H and O–H groups in total. The smallest absolute Gasteiger partial charge is 0.272 e. The van der Waals surface area contributed by atoms with Crippen LogP contribution in [0.25, 0.3) is 5.52 Å². The summed E-state index contributed by atoms with van der Waals surface area (Å²) in [7, 11) is 0. The predicted octanol–water partition coefficient (Wildman–Crippen LogP) is 3.94. The summed E-state index contributed by atoms with van der Waals surface area (Å²) in [5, 5.41) is 16.7. The maximum Gasteiger partial charge on any atom is 0.272 e. The zero-order valence-electron chi connectivity index (χ0n) is 18.3. The standard InChI is InChI=1S/C26H29N5O/c27-17-20-4-7-21-11-14-30(18-22(21)15-20)13-10-19-5-8-23(9-6-19)28-26(32)25-16-24-3-1-2-12-31(24)29-25/h1-4,7,12,15-16,19,23H,5-6,8-11,13-14,18H2,(H,28,32). The molecule has 2 aliphatic rings. The summed E-state index contributed by atoms with van der Waals surface area (Å²) in [5.41, 5.74) is 4.89. The second kappa shape index (κ2) is 9.13. The summed E-state index contributed by atoms with van der Waals surface area (Å²) in [5.74, 6) is 0.658. The Hall–Kier alpha value is -3.17. The Morgan fingerprint density at radius 2 is 2.00 bits per heavy atom. The van der Waals surface area contributed by atoms with Crippen LogP contribution in [-0.4, -0.2) is 39.6 Å². The van der Waals surface area contributed by atoms with E-state index in [4.69, 9.17) is 5.26 Å². The molecule has 1 amide bonds. The highest BCUT2D eigenvalue weighted by atomic mass is 16.2. The molecule has 5 rings (SSSR count). The molecule has 0 atom stereocenters. The van der Waals surface area contributed by atoms with E-state index in [2.05, 4.69) is 33.5 Å². The summed E-state index contributed by atoms with van der Waals surface area (Å²) in [4.78, 5) is 15.2. The van der Waals surface area contributed by atoms with E-state index in [-0.39, 0.29) is 11.9 Å². The highest BCUT2D eigenvalue weighted by Gasteiger charge is 2.25. The average molecular weight is 428 g/mol. The zero-order chi connectivity index (χ0) is 21.9. The molecule has 1 aliphatic carbocycles. The van der Waals surface area contributed by atoms with Gasteiger partial charge >= 0.3 is 0 Å². The minimum Gasteiger partial charge on any atom is -0.348 e. The molecule has 1 saturated carbocycles. The Labute approximate surface area is 188 Å². The summed E-state index contributed by atoms with van der Waals surface area (Å²) in [6.45, 7) is 3.16. The average Bonchev–Trinajstić information content (AvgIpc) is 3.28. The molecule has 0 radical (unpaired) electrons. The van der Waals surface area contributed by atoms with Gasteiger partial charge in [-0.2, -0.15) is 10.4 Å². The van der Waals surface area contributed by atoms with Crippen molar-refractivity contribution < 1.29 is 4.79 Å². The lowest BCUT2D eigenvalue weighted by molar-refractivity contribution is 0.0914. The number of nitriles is 1. The van der Waals surface area contributed by atoms with Crippen molar-refractivity contribution >= 4 is 11.4 Å². The van der Waals surface area contributed by atoms with E-state index in [0.29, 0.717) is 5.69 Å². The number of hydrogen-bond acceptors (Lipinski definition) is 4. The van der Waals surface area contributed by atoms with Crippen molar-refractivity contribution in [2.45, 2.75) is 51.1 Å². The van der Waals surface area contributed by atoms with Crippen molar-refractivity contribution in [3.63, 3.8) is 0 Å². The van der Waals surface area contributed by atoms with E-state index in [1.165, 1.54) is 30.4 Å². The number of rotatable bonds is 5. The fraction of sp³-hybridized carbons (Fsp3) is 0.423. The van der Waals surface area contributed by atoms with Crippen LogP contribution in [0.2, 0.25) is 0 Å². The maximum atomic E-state index is 12.6. The molecular weight excluding hydrogens is 398 g/mol. The van der Waals surface area contributed by atoms with E-state index >= 15 is 0 Å². The van der Waals surface area contributed by atoms with Crippen LogP contribution in [0.4, 0.5) is 0 Å². The molecule has 0 saturated heterocycles. The summed E-state index contributed by atoms with van der Waals surface area (Å²) in [6, 6.07) is 16.3. The van der Waals surface area contributed by atoms with Crippen LogP contribution in [0.5, 0.6) is 0 Å². The van der Waals surface area contributed by atoms with Crippen LogP contribution in [-0.2, 0) is 13.0 Å². The lowest BCUT2D eigenvalue weighted by atomic mass is 9.84. The Balaban J connectivity index is 1.08. The number of pyridine rings is 1. The van der Waals surface area contributed by atoms with E-state index in [1.807, 2.05) is 36.5 Å². The molecule has 1 aromatic carbocycles. The van der Waals surface area contributed by atoms with Crippen LogP contribution < -0.4 is 5.32 Å². The summed E-state index contributed by atoms with van der Waals surface area (Å²) >= 11 is 0.